The van der Waals surface area contributed by atoms with Gasteiger partial charge in [0.25, 0.3) is 0 Å². The van der Waals surface area contributed by atoms with Crippen molar-refractivity contribution in [1.29, 1.82) is 0 Å². The molecule has 3 rings (SSSR count). The number of carbonyl (C=O) groups is 1. The van der Waals surface area contributed by atoms with Crippen LogP contribution < -0.4 is 0 Å². The summed E-state index contributed by atoms with van der Waals surface area (Å²) in [5.74, 6) is -1.76. The van der Waals surface area contributed by atoms with Crippen LogP contribution >= 0.6 is 11.6 Å². The molecule has 1 heterocycles. The van der Waals surface area contributed by atoms with Crippen LogP contribution in [0.1, 0.15) is 18.0 Å². The maximum atomic E-state index is 13.0. The summed E-state index contributed by atoms with van der Waals surface area (Å²) < 4.78 is 27.3. The molecule has 2 atom stereocenters. The Balaban J connectivity index is 2.05. The zero-order valence-electron chi connectivity index (χ0n) is 12.7. The molecule has 0 aliphatic carbocycles. The fraction of sp³-hybridized carbons (Fsp3) is 0.235. The SMILES string of the molecule is O=C(O)C1CCN(S(=O)(=O)c2ccc(Cl)cc2)C1c1ccccc1. The number of nitrogens with zero attached hydrogens (tertiary/aromatic N) is 1. The number of carboxylic acid groups (broad SMARTS) is 1. The van der Waals surface area contributed by atoms with E-state index in [0.29, 0.717) is 10.6 Å². The van der Waals surface area contributed by atoms with Crippen LogP contribution in [0.15, 0.2) is 59.5 Å². The minimum Gasteiger partial charge on any atom is -0.481 e. The highest BCUT2D eigenvalue weighted by Crippen LogP contribution is 2.41. The first kappa shape index (κ1) is 17.0. The Hall–Kier alpha value is -1.89. The normalized spacial score (nSPS) is 21.7. The molecule has 0 saturated carbocycles. The molecule has 5 nitrogen and oxygen atoms in total. The lowest BCUT2D eigenvalue weighted by Gasteiger charge is -2.26. The lowest BCUT2D eigenvalue weighted by atomic mass is 9.94. The summed E-state index contributed by atoms with van der Waals surface area (Å²) >= 11 is 5.82. The molecule has 0 spiro atoms. The van der Waals surface area contributed by atoms with Crippen molar-refractivity contribution in [2.75, 3.05) is 6.54 Å². The Kier molecular flexibility index (Phi) is 4.62. The van der Waals surface area contributed by atoms with E-state index in [9.17, 15) is 18.3 Å². The van der Waals surface area contributed by atoms with Crippen molar-refractivity contribution in [3.8, 4) is 0 Å². The summed E-state index contributed by atoms with van der Waals surface area (Å²) in [6, 6.07) is 14.1. The highest BCUT2D eigenvalue weighted by Gasteiger charge is 2.45. The fourth-order valence-corrected chi connectivity index (χ4v) is 4.87. The Morgan fingerprint density at radius 3 is 2.29 bits per heavy atom. The summed E-state index contributed by atoms with van der Waals surface area (Å²) in [4.78, 5) is 11.7. The number of hydrogen-bond acceptors (Lipinski definition) is 3. The second-order valence-corrected chi connectivity index (χ2v) is 7.99. The predicted molar refractivity (Wildman–Crippen MR) is 90.3 cm³/mol. The van der Waals surface area contributed by atoms with Gasteiger partial charge in [0.15, 0.2) is 0 Å². The Morgan fingerprint density at radius 1 is 1.08 bits per heavy atom. The quantitative estimate of drug-likeness (QED) is 0.903. The summed E-state index contributed by atoms with van der Waals surface area (Å²) in [7, 11) is -3.81. The Bertz CT molecular complexity index is 837. The van der Waals surface area contributed by atoms with E-state index in [0.717, 1.165) is 0 Å². The Labute approximate surface area is 145 Å². The van der Waals surface area contributed by atoms with Gasteiger partial charge >= 0.3 is 5.97 Å². The van der Waals surface area contributed by atoms with E-state index in [2.05, 4.69) is 0 Å². The van der Waals surface area contributed by atoms with Crippen LogP contribution in [0.5, 0.6) is 0 Å². The third-order valence-corrected chi connectivity index (χ3v) is 6.38. The molecule has 0 amide bonds. The van der Waals surface area contributed by atoms with Gasteiger partial charge in [-0.15, -0.1) is 0 Å². The van der Waals surface area contributed by atoms with Crippen molar-refractivity contribution in [2.45, 2.75) is 17.4 Å². The van der Waals surface area contributed by atoms with Gasteiger partial charge in [-0.3, -0.25) is 4.79 Å². The number of rotatable bonds is 4. The maximum Gasteiger partial charge on any atom is 0.308 e. The van der Waals surface area contributed by atoms with Crippen LogP contribution in [0.3, 0.4) is 0 Å². The monoisotopic (exact) mass is 365 g/mol. The van der Waals surface area contributed by atoms with Crippen LogP contribution in [0, 0.1) is 5.92 Å². The molecule has 1 aliphatic heterocycles. The van der Waals surface area contributed by atoms with Gasteiger partial charge in [-0.2, -0.15) is 4.31 Å². The average Bonchev–Trinajstić information content (AvgIpc) is 3.02. The average molecular weight is 366 g/mol. The van der Waals surface area contributed by atoms with Crippen LogP contribution in [-0.2, 0) is 14.8 Å². The number of hydrogen-bond donors (Lipinski definition) is 1. The van der Waals surface area contributed by atoms with Crippen LogP contribution in [-0.4, -0.2) is 30.3 Å². The topological polar surface area (TPSA) is 74.7 Å². The zero-order valence-corrected chi connectivity index (χ0v) is 14.2. The molecule has 7 heteroatoms. The zero-order chi connectivity index (χ0) is 17.3. The van der Waals surface area contributed by atoms with Gasteiger partial charge in [0.1, 0.15) is 0 Å². The van der Waals surface area contributed by atoms with E-state index in [1.807, 2.05) is 6.07 Å². The molecule has 1 saturated heterocycles. The van der Waals surface area contributed by atoms with Crippen molar-refractivity contribution in [3.63, 3.8) is 0 Å². The van der Waals surface area contributed by atoms with E-state index < -0.39 is 28.0 Å². The summed E-state index contributed by atoms with van der Waals surface area (Å²) in [6.45, 7) is 0.168. The van der Waals surface area contributed by atoms with Gasteiger partial charge in [-0.1, -0.05) is 41.9 Å². The van der Waals surface area contributed by atoms with Crippen molar-refractivity contribution < 1.29 is 18.3 Å². The second kappa shape index (κ2) is 6.55. The largest absolute Gasteiger partial charge is 0.481 e. The Morgan fingerprint density at radius 2 is 1.71 bits per heavy atom. The standard InChI is InChI=1S/C17H16ClNO4S/c18-13-6-8-14(9-7-13)24(22,23)19-11-10-15(17(20)21)16(19)12-4-2-1-3-5-12/h1-9,15-16H,10-11H2,(H,20,21). The smallest absolute Gasteiger partial charge is 0.308 e. The number of sulfonamides is 1. The van der Waals surface area contributed by atoms with Gasteiger partial charge in [-0.05, 0) is 36.2 Å². The minimum absolute atomic E-state index is 0.110. The van der Waals surface area contributed by atoms with Gasteiger partial charge in [0.05, 0.1) is 16.9 Å². The first-order valence-electron chi connectivity index (χ1n) is 7.46. The van der Waals surface area contributed by atoms with Crippen LogP contribution in [0.2, 0.25) is 5.02 Å². The van der Waals surface area contributed by atoms with Crippen molar-refractivity contribution in [1.82, 2.24) is 4.31 Å². The molecule has 0 radical (unpaired) electrons. The third kappa shape index (κ3) is 3.05. The predicted octanol–water partition coefficient (Wildman–Crippen LogP) is 3.18. The number of aliphatic carboxylic acids is 1. The maximum absolute atomic E-state index is 13.0. The van der Waals surface area contributed by atoms with Gasteiger partial charge in [-0.25, -0.2) is 8.42 Å². The molecule has 2 aromatic carbocycles. The molecule has 126 valence electrons. The summed E-state index contributed by atoms with van der Waals surface area (Å²) in [5, 5.41) is 9.94. The van der Waals surface area contributed by atoms with E-state index in [1.54, 1.807) is 24.3 Å². The van der Waals surface area contributed by atoms with Crippen LogP contribution in [0.4, 0.5) is 0 Å². The van der Waals surface area contributed by atoms with Gasteiger partial charge in [0, 0.05) is 11.6 Å². The van der Waals surface area contributed by atoms with Gasteiger partial charge < -0.3 is 5.11 Å². The number of halogens is 1. The van der Waals surface area contributed by atoms with E-state index in [1.165, 1.54) is 28.6 Å². The highest BCUT2D eigenvalue weighted by molar-refractivity contribution is 7.89. The summed E-state index contributed by atoms with van der Waals surface area (Å²) in [6.07, 6.45) is 0.279. The van der Waals surface area contributed by atoms with Crippen LogP contribution in [0.25, 0.3) is 0 Å². The first-order valence-corrected chi connectivity index (χ1v) is 9.28. The fourth-order valence-electron chi connectivity index (χ4n) is 3.08. The van der Waals surface area contributed by atoms with Crippen molar-refractivity contribution in [2.24, 2.45) is 5.92 Å². The molecule has 24 heavy (non-hydrogen) atoms. The minimum atomic E-state index is -3.81. The van der Waals surface area contributed by atoms with Crippen molar-refractivity contribution in [3.05, 3.63) is 65.2 Å². The highest BCUT2D eigenvalue weighted by atomic mass is 35.5. The number of carboxylic acids is 1. The van der Waals surface area contributed by atoms with E-state index in [-0.39, 0.29) is 17.9 Å². The first-order chi connectivity index (χ1) is 11.4. The van der Waals surface area contributed by atoms with Crippen molar-refractivity contribution >= 4 is 27.6 Å². The second-order valence-electron chi connectivity index (χ2n) is 5.66. The lowest BCUT2D eigenvalue weighted by molar-refractivity contribution is -0.142. The molecule has 1 aliphatic rings. The molecule has 2 aromatic rings. The third-order valence-electron chi connectivity index (χ3n) is 4.23. The lowest BCUT2D eigenvalue weighted by Crippen LogP contribution is -2.33. The molecular weight excluding hydrogens is 350 g/mol. The molecular formula is C17H16ClNO4S. The van der Waals surface area contributed by atoms with E-state index >= 15 is 0 Å². The molecule has 0 aromatic heterocycles. The molecule has 1 fully saturated rings. The van der Waals surface area contributed by atoms with E-state index in [4.69, 9.17) is 11.6 Å². The number of benzene rings is 2. The molecule has 1 N–H and O–H groups in total. The van der Waals surface area contributed by atoms with Gasteiger partial charge in [0.2, 0.25) is 10.0 Å². The summed E-state index contributed by atoms with van der Waals surface area (Å²) in [5.41, 5.74) is 0.680. The molecule has 2 unspecified atom stereocenters. The molecule has 0 bridgehead atoms.